The highest BCUT2D eigenvalue weighted by atomic mass is 32.2. The summed E-state index contributed by atoms with van der Waals surface area (Å²) in [5, 5.41) is 0. The number of thioether (sulfide) groups is 1. The van der Waals surface area contributed by atoms with Crippen LogP contribution in [0.2, 0.25) is 0 Å². The number of nitrogens with two attached hydrogens (primary N) is 1. The largest absolute Gasteiger partial charge is 0.398 e. The Morgan fingerprint density at radius 1 is 1.37 bits per heavy atom. The molecular weight excluding hydrogens is 280 g/mol. The van der Waals surface area contributed by atoms with E-state index in [0.29, 0.717) is 10.6 Å². The summed E-state index contributed by atoms with van der Waals surface area (Å²) in [7, 11) is -1.78. The molecule has 1 heterocycles. The second-order valence-corrected chi connectivity index (χ2v) is 8.14. The first-order valence-corrected chi connectivity index (χ1v) is 8.86. The molecule has 1 aromatic carbocycles. The minimum Gasteiger partial charge on any atom is -0.398 e. The Balaban J connectivity index is 2.39. The minimum atomic E-state index is -3.44. The number of anilines is 1. The Kier molecular flexibility index (Phi) is 4.13. The zero-order valence-electron chi connectivity index (χ0n) is 11.5. The first-order valence-electron chi connectivity index (χ1n) is 6.26. The number of hydrogen-bond acceptors (Lipinski definition) is 4. The lowest BCUT2D eigenvalue weighted by Gasteiger charge is -2.23. The van der Waals surface area contributed by atoms with Gasteiger partial charge in [-0.05, 0) is 49.3 Å². The zero-order chi connectivity index (χ0) is 14.2. The van der Waals surface area contributed by atoms with Gasteiger partial charge in [0.15, 0.2) is 0 Å². The van der Waals surface area contributed by atoms with E-state index in [2.05, 4.69) is 0 Å². The summed E-state index contributed by atoms with van der Waals surface area (Å²) in [6, 6.07) is 3.37. The van der Waals surface area contributed by atoms with Gasteiger partial charge in [-0.1, -0.05) is 0 Å². The van der Waals surface area contributed by atoms with Crippen LogP contribution in [0.25, 0.3) is 0 Å². The number of sulfonamides is 1. The quantitative estimate of drug-likeness (QED) is 0.867. The molecule has 0 amide bonds. The van der Waals surface area contributed by atoms with Gasteiger partial charge >= 0.3 is 0 Å². The maximum atomic E-state index is 12.6. The standard InChI is InChI=1S/C13H20N2O2S2/c1-9-6-12(7-13(14)10(9)2)19(16,17)15(3)11-4-5-18-8-11/h6-7,11H,4-5,8,14H2,1-3H3. The molecule has 1 saturated heterocycles. The van der Waals surface area contributed by atoms with Gasteiger partial charge in [-0.15, -0.1) is 0 Å². The van der Waals surface area contributed by atoms with Gasteiger partial charge in [0.2, 0.25) is 10.0 Å². The molecule has 0 aromatic heterocycles. The van der Waals surface area contributed by atoms with E-state index in [9.17, 15) is 8.42 Å². The Bertz CT molecular complexity index is 555. The molecule has 4 nitrogen and oxygen atoms in total. The molecule has 106 valence electrons. The third-order valence-corrected chi connectivity index (χ3v) is 6.81. The monoisotopic (exact) mass is 300 g/mol. The normalized spacial score (nSPS) is 20.1. The lowest BCUT2D eigenvalue weighted by Crippen LogP contribution is -2.37. The smallest absolute Gasteiger partial charge is 0.243 e. The van der Waals surface area contributed by atoms with Crippen LogP contribution in [0, 0.1) is 13.8 Å². The summed E-state index contributed by atoms with van der Waals surface area (Å²) in [6.45, 7) is 3.79. The van der Waals surface area contributed by atoms with Gasteiger partial charge in [0.05, 0.1) is 4.90 Å². The molecule has 0 radical (unpaired) electrons. The summed E-state index contributed by atoms with van der Waals surface area (Å²) in [5.74, 6) is 1.90. The van der Waals surface area contributed by atoms with Crippen molar-refractivity contribution in [3.63, 3.8) is 0 Å². The van der Waals surface area contributed by atoms with E-state index in [-0.39, 0.29) is 6.04 Å². The topological polar surface area (TPSA) is 63.4 Å². The number of benzene rings is 1. The first kappa shape index (κ1) is 14.7. The maximum absolute atomic E-state index is 12.6. The van der Waals surface area contributed by atoms with Crippen molar-refractivity contribution in [2.75, 3.05) is 24.3 Å². The Morgan fingerprint density at radius 2 is 2.05 bits per heavy atom. The SMILES string of the molecule is Cc1cc(S(=O)(=O)N(C)C2CCSC2)cc(N)c1C. The van der Waals surface area contributed by atoms with E-state index in [1.54, 1.807) is 30.9 Å². The number of nitrogens with zero attached hydrogens (tertiary/aromatic N) is 1. The van der Waals surface area contributed by atoms with Crippen molar-refractivity contribution in [3.05, 3.63) is 23.3 Å². The fourth-order valence-electron chi connectivity index (χ4n) is 2.17. The molecule has 0 bridgehead atoms. The maximum Gasteiger partial charge on any atom is 0.243 e. The number of rotatable bonds is 3. The van der Waals surface area contributed by atoms with Crippen LogP contribution in [0.15, 0.2) is 17.0 Å². The van der Waals surface area contributed by atoms with Crippen molar-refractivity contribution in [2.24, 2.45) is 0 Å². The third-order valence-electron chi connectivity index (χ3n) is 3.78. The van der Waals surface area contributed by atoms with Crippen molar-refractivity contribution in [2.45, 2.75) is 31.2 Å². The van der Waals surface area contributed by atoms with Crippen LogP contribution < -0.4 is 5.73 Å². The third kappa shape index (κ3) is 2.75. The molecular formula is C13H20N2O2S2. The fourth-order valence-corrected chi connectivity index (χ4v) is 5.04. The Hall–Kier alpha value is -0.720. The summed E-state index contributed by atoms with van der Waals surface area (Å²) < 4.78 is 26.7. The highest BCUT2D eigenvalue weighted by Crippen LogP contribution is 2.28. The molecule has 0 aliphatic carbocycles. The van der Waals surface area contributed by atoms with E-state index >= 15 is 0 Å². The highest BCUT2D eigenvalue weighted by Gasteiger charge is 2.30. The van der Waals surface area contributed by atoms with Crippen LogP contribution in [0.5, 0.6) is 0 Å². The molecule has 1 aromatic rings. The van der Waals surface area contributed by atoms with Gasteiger partial charge in [-0.25, -0.2) is 8.42 Å². The van der Waals surface area contributed by atoms with Crippen LogP contribution in [0.3, 0.4) is 0 Å². The summed E-state index contributed by atoms with van der Waals surface area (Å²) in [5.41, 5.74) is 8.27. The lowest BCUT2D eigenvalue weighted by molar-refractivity contribution is 0.394. The van der Waals surface area contributed by atoms with Gasteiger partial charge in [-0.2, -0.15) is 16.1 Å². The molecule has 1 aliphatic rings. The van der Waals surface area contributed by atoms with Crippen LogP contribution in [-0.2, 0) is 10.0 Å². The van der Waals surface area contributed by atoms with Crippen molar-refractivity contribution >= 4 is 27.5 Å². The molecule has 1 fully saturated rings. The van der Waals surface area contributed by atoms with Gasteiger partial charge in [0.25, 0.3) is 0 Å². The summed E-state index contributed by atoms with van der Waals surface area (Å²) >= 11 is 1.80. The first-order chi connectivity index (χ1) is 8.84. The Labute approximate surface area is 119 Å². The lowest BCUT2D eigenvalue weighted by atomic mass is 10.1. The van der Waals surface area contributed by atoms with Gasteiger partial charge < -0.3 is 5.73 Å². The molecule has 1 unspecified atom stereocenters. The van der Waals surface area contributed by atoms with Crippen molar-refractivity contribution in [3.8, 4) is 0 Å². The molecule has 0 saturated carbocycles. The highest BCUT2D eigenvalue weighted by molar-refractivity contribution is 7.99. The average Bonchev–Trinajstić information content (AvgIpc) is 2.87. The molecule has 2 N–H and O–H groups in total. The van der Waals surface area contributed by atoms with Crippen molar-refractivity contribution < 1.29 is 8.42 Å². The van der Waals surface area contributed by atoms with Crippen molar-refractivity contribution in [1.82, 2.24) is 4.31 Å². The minimum absolute atomic E-state index is 0.0952. The zero-order valence-corrected chi connectivity index (χ0v) is 13.1. The Morgan fingerprint density at radius 3 is 2.58 bits per heavy atom. The van der Waals surface area contributed by atoms with Gasteiger partial charge in [0, 0.05) is 24.5 Å². The predicted octanol–water partition coefficient (Wildman–Crippen LogP) is 2.01. The molecule has 19 heavy (non-hydrogen) atoms. The van der Waals surface area contributed by atoms with E-state index in [1.165, 1.54) is 4.31 Å². The second kappa shape index (κ2) is 5.34. The van der Waals surface area contributed by atoms with E-state index in [1.807, 2.05) is 13.8 Å². The molecule has 1 atom stereocenters. The fraction of sp³-hybridized carbons (Fsp3) is 0.538. The summed E-state index contributed by atoms with van der Waals surface area (Å²) in [4.78, 5) is 0.299. The van der Waals surface area contributed by atoms with E-state index in [4.69, 9.17) is 5.73 Å². The second-order valence-electron chi connectivity index (χ2n) is 4.99. The molecule has 1 aliphatic heterocycles. The van der Waals surface area contributed by atoms with Gasteiger partial charge in [-0.3, -0.25) is 0 Å². The number of hydrogen-bond donors (Lipinski definition) is 1. The number of aryl methyl sites for hydroxylation is 1. The van der Waals surface area contributed by atoms with E-state index < -0.39 is 10.0 Å². The van der Waals surface area contributed by atoms with Crippen LogP contribution in [0.4, 0.5) is 5.69 Å². The molecule has 6 heteroatoms. The van der Waals surface area contributed by atoms with Gasteiger partial charge in [0.1, 0.15) is 0 Å². The molecule has 0 spiro atoms. The van der Waals surface area contributed by atoms with Crippen LogP contribution in [-0.4, -0.2) is 37.3 Å². The molecule has 2 rings (SSSR count). The summed E-state index contributed by atoms with van der Waals surface area (Å²) in [6.07, 6.45) is 0.917. The number of nitrogen functional groups attached to an aromatic ring is 1. The van der Waals surface area contributed by atoms with Crippen LogP contribution >= 0.6 is 11.8 Å². The van der Waals surface area contributed by atoms with Crippen LogP contribution in [0.1, 0.15) is 17.5 Å². The predicted molar refractivity (Wildman–Crippen MR) is 81.0 cm³/mol. The van der Waals surface area contributed by atoms with E-state index in [0.717, 1.165) is 29.1 Å². The average molecular weight is 300 g/mol. The van der Waals surface area contributed by atoms with Crippen molar-refractivity contribution in [1.29, 1.82) is 0 Å².